The zero-order chi connectivity index (χ0) is 8.48. The van der Waals surface area contributed by atoms with Crippen molar-refractivity contribution in [2.24, 2.45) is 0 Å². The summed E-state index contributed by atoms with van der Waals surface area (Å²) in [4.78, 5) is 0. The Morgan fingerprint density at radius 1 is 1.07 bits per heavy atom. The van der Waals surface area contributed by atoms with Gasteiger partial charge in [-0.3, -0.25) is 0 Å². The Kier molecular flexibility index (Phi) is 10.7. The van der Waals surface area contributed by atoms with Gasteiger partial charge in [0.2, 0.25) is 0 Å². The molecule has 0 fully saturated rings. The van der Waals surface area contributed by atoms with Crippen molar-refractivity contribution in [1.82, 2.24) is 0 Å². The van der Waals surface area contributed by atoms with Crippen molar-refractivity contribution in [2.75, 3.05) is 0 Å². The van der Waals surface area contributed by atoms with E-state index < -0.39 is 11.7 Å². The van der Waals surface area contributed by atoms with Gasteiger partial charge in [0.05, 0.1) is 5.56 Å². The number of phenols is 1. The summed E-state index contributed by atoms with van der Waals surface area (Å²) in [5.41, 5.74) is -0.836. The van der Waals surface area contributed by atoms with Gasteiger partial charge in [-0.25, -0.2) is 0 Å². The number of benzene rings is 1. The molecule has 80 valence electrons. The van der Waals surface area contributed by atoms with E-state index in [1.165, 1.54) is 6.07 Å². The van der Waals surface area contributed by atoms with Crippen LogP contribution < -0.4 is 0 Å². The predicted octanol–water partition coefficient (Wildman–Crippen LogP) is 3.25. The molecule has 0 heterocycles. The minimum atomic E-state index is -4.38. The molecule has 0 aliphatic rings. The molecule has 1 aromatic rings. The van der Waals surface area contributed by atoms with Crippen LogP contribution >= 0.6 is 24.8 Å². The zero-order valence-electron chi connectivity index (χ0n) is 6.71. The summed E-state index contributed by atoms with van der Waals surface area (Å²) in [6.45, 7) is 0. The SMILES string of the molecule is Cl.Cl.Oc1cccc(C(F)(F)F)c1.[Zr]. The number of rotatable bonds is 0. The first-order chi connectivity index (χ1) is 5.00. The van der Waals surface area contributed by atoms with Crippen molar-refractivity contribution in [2.45, 2.75) is 6.18 Å². The van der Waals surface area contributed by atoms with Crippen LogP contribution in [0.4, 0.5) is 13.2 Å². The molecule has 14 heavy (non-hydrogen) atoms. The molecule has 0 saturated carbocycles. The van der Waals surface area contributed by atoms with E-state index in [4.69, 9.17) is 5.11 Å². The molecule has 0 atom stereocenters. The van der Waals surface area contributed by atoms with E-state index in [2.05, 4.69) is 0 Å². The minimum Gasteiger partial charge on any atom is -0.508 e. The molecule has 0 bridgehead atoms. The van der Waals surface area contributed by atoms with Gasteiger partial charge in [0, 0.05) is 26.2 Å². The van der Waals surface area contributed by atoms with Crippen molar-refractivity contribution in [3.63, 3.8) is 0 Å². The molecule has 1 N–H and O–H groups in total. The molecule has 0 unspecified atom stereocenters. The van der Waals surface area contributed by atoms with Crippen LogP contribution in [-0.2, 0) is 32.4 Å². The molecule has 0 aliphatic carbocycles. The van der Waals surface area contributed by atoms with Crippen LogP contribution in [0.15, 0.2) is 24.3 Å². The van der Waals surface area contributed by atoms with Crippen LogP contribution in [0.1, 0.15) is 5.56 Å². The fourth-order valence-corrected chi connectivity index (χ4v) is 0.682. The summed E-state index contributed by atoms with van der Waals surface area (Å²) >= 11 is 0. The number of alkyl halides is 3. The van der Waals surface area contributed by atoms with E-state index in [0.717, 1.165) is 12.1 Å². The van der Waals surface area contributed by atoms with Crippen molar-refractivity contribution in [3.05, 3.63) is 29.8 Å². The Hall–Kier alpha value is 0.273. The maximum Gasteiger partial charge on any atom is 0.416 e. The minimum absolute atomic E-state index is 0. The smallest absolute Gasteiger partial charge is 0.416 e. The quantitative estimate of drug-likeness (QED) is 0.776. The normalized spacial score (nSPS) is 9.07. The molecule has 0 spiro atoms. The number of hydrogen-bond donors (Lipinski definition) is 1. The van der Waals surface area contributed by atoms with Crippen LogP contribution in [0, 0.1) is 0 Å². The summed E-state index contributed by atoms with van der Waals surface area (Å²) < 4.78 is 35.6. The van der Waals surface area contributed by atoms with Gasteiger partial charge in [0.1, 0.15) is 5.75 Å². The van der Waals surface area contributed by atoms with E-state index in [0.29, 0.717) is 6.07 Å². The molecule has 0 radical (unpaired) electrons. The summed E-state index contributed by atoms with van der Waals surface area (Å²) in [6.07, 6.45) is -4.38. The van der Waals surface area contributed by atoms with Crippen molar-refractivity contribution in [3.8, 4) is 5.75 Å². The summed E-state index contributed by atoms with van der Waals surface area (Å²) in [6, 6.07) is 3.92. The van der Waals surface area contributed by atoms with Crippen LogP contribution in [0.5, 0.6) is 5.75 Å². The van der Waals surface area contributed by atoms with E-state index >= 15 is 0 Å². The van der Waals surface area contributed by atoms with Gasteiger partial charge in [0.25, 0.3) is 0 Å². The fourth-order valence-electron chi connectivity index (χ4n) is 0.682. The molecule has 1 aromatic carbocycles. The third-order valence-electron chi connectivity index (χ3n) is 1.17. The number of hydrogen-bond acceptors (Lipinski definition) is 1. The zero-order valence-corrected chi connectivity index (χ0v) is 10.8. The first kappa shape index (κ1) is 19.8. The number of aromatic hydroxyl groups is 1. The van der Waals surface area contributed by atoms with Gasteiger partial charge in [-0.05, 0) is 18.2 Å². The third-order valence-corrected chi connectivity index (χ3v) is 1.17. The standard InChI is InChI=1S/C7H5F3O.2ClH.Zr/c8-7(9,10)5-2-1-3-6(11)4-5;;;/h1-4,11H;2*1H;. The fraction of sp³-hybridized carbons (Fsp3) is 0.143. The van der Waals surface area contributed by atoms with E-state index in [1.807, 2.05) is 0 Å². The summed E-state index contributed by atoms with van der Waals surface area (Å²) in [5.74, 6) is -0.375. The summed E-state index contributed by atoms with van der Waals surface area (Å²) in [5, 5.41) is 8.68. The van der Waals surface area contributed by atoms with E-state index in [-0.39, 0.29) is 56.8 Å². The van der Waals surface area contributed by atoms with Gasteiger partial charge in [-0.1, -0.05) is 6.07 Å². The molecular weight excluding hydrogens is 319 g/mol. The largest absolute Gasteiger partial charge is 0.508 e. The van der Waals surface area contributed by atoms with Crippen LogP contribution in [0.2, 0.25) is 0 Å². The average Bonchev–Trinajstić information content (AvgIpc) is 1.86. The van der Waals surface area contributed by atoms with Crippen molar-refractivity contribution < 1.29 is 44.5 Å². The van der Waals surface area contributed by atoms with Crippen molar-refractivity contribution in [1.29, 1.82) is 0 Å². The summed E-state index contributed by atoms with van der Waals surface area (Å²) in [7, 11) is 0. The second kappa shape index (κ2) is 7.55. The first-order valence-electron chi connectivity index (χ1n) is 2.86. The Morgan fingerprint density at radius 2 is 1.57 bits per heavy atom. The Labute approximate surface area is 111 Å². The molecule has 1 nitrogen and oxygen atoms in total. The number of phenolic OH excluding ortho intramolecular Hbond substituents is 1. The topological polar surface area (TPSA) is 20.2 Å². The molecule has 0 aromatic heterocycles. The Bertz CT molecular complexity index is 267. The predicted molar refractivity (Wildman–Crippen MR) is 47.6 cm³/mol. The van der Waals surface area contributed by atoms with Crippen LogP contribution in [0.3, 0.4) is 0 Å². The van der Waals surface area contributed by atoms with Gasteiger partial charge in [-0.15, -0.1) is 24.8 Å². The van der Waals surface area contributed by atoms with Gasteiger partial charge in [-0.2, -0.15) is 13.2 Å². The van der Waals surface area contributed by atoms with Gasteiger partial charge in [0.15, 0.2) is 0 Å². The second-order valence-corrected chi connectivity index (χ2v) is 2.05. The first-order valence-corrected chi connectivity index (χ1v) is 2.86. The average molecular weight is 326 g/mol. The molecule has 1 rings (SSSR count). The second-order valence-electron chi connectivity index (χ2n) is 2.05. The van der Waals surface area contributed by atoms with E-state index in [9.17, 15) is 13.2 Å². The van der Waals surface area contributed by atoms with Crippen molar-refractivity contribution >= 4 is 24.8 Å². The molecule has 0 amide bonds. The van der Waals surface area contributed by atoms with Gasteiger partial charge < -0.3 is 5.11 Å². The molecular formula is C7H7Cl2F3OZr. The molecule has 7 heteroatoms. The van der Waals surface area contributed by atoms with E-state index in [1.54, 1.807) is 0 Å². The number of halogens is 5. The van der Waals surface area contributed by atoms with Gasteiger partial charge >= 0.3 is 6.18 Å². The maximum atomic E-state index is 11.9. The Morgan fingerprint density at radius 3 is 1.86 bits per heavy atom. The third kappa shape index (κ3) is 5.89. The monoisotopic (exact) mass is 324 g/mol. The Balaban J connectivity index is -0.000000403. The van der Waals surface area contributed by atoms with Crippen LogP contribution in [-0.4, -0.2) is 5.11 Å². The maximum absolute atomic E-state index is 11.9. The molecule has 0 aliphatic heterocycles. The molecule has 0 saturated heterocycles. The van der Waals surface area contributed by atoms with Crippen LogP contribution in [0.25, 0.3) is 0 Å².